The standard InChI is InChI=1S/C33H36N4O4.ClH/c1-23-10-12-24(13-11-23)31(32(38)35-26-7-3-4-8-26)37(27-20-25-6-2-5-9-29(25)34-21-27)33(39)30-15-14-28(41-30)22-36-16-18-40-19-17-36;/h2,5-6,9-15,20-21,26,31H,3-4,7-8,16-19,22H2,1H3,(H,35,38);1H. The molecule has 1 N–H and O–H groups in total. The van der Waals surface area contributed by atoms with Crippen LogP contribution in [-0.2, 0) is 16.1 Å². The maximum atomic E-state index is 14.4. The molecule has 2 aliphatic rings. The number of anilines is 1. The molecule has 1 aliphatic carbocycles. The van der Waals surface area contributed by atoms with Crippen LogP contribution in [0.1, 0.15) is 59.2 Å². The highest BCUT2D eigenvalue weighted by Gasteiger charge is 2.36. The fourth-order valence-corrected chi connectivity index (χ4v) is 5.77. The molecule has 1 atom stereocenters. The number of benzene rings is 2. The number of aryl methyl sites for hydroxylation is 1. The first-order valence-electron chi connectivity index (χ1n) is 14.5. The van der Waals surface area contributed by atoms with Crippen molar-refractivity contribution in [3.63, 3.8) is 0 Å². The summed E-state index contributed by atoms with van der Waals surface area (Å²) in [6, 6.07) is 20.2. The second kappa shape index (κ2) is 13.5. The molecule has 1 aliphatic heterocycles. The quantitative estimate of drug-likeness (QED) is 0.278. The number of aromatic nitrogens is 1. The Balaban J connectivity index is 0.00000353. The number of carbonyl (C=O) groups is 2. The van der Waals surface area contributed by atoms with Gasteiger partial charge in [-0.05, 0) is 49.6 Å². The molecule has 0 bridgehead atoms. The fourth-order valence-electron chi connectivity index (χ4n) is 5.77. The van der Waals surface area contributed by atoms with Crippen LogP contribution in [0, 0.1) is 6.92 Å². The molecule has 4 aromatic rings. The van der Waals surface area contributed by atoms with Crippen molar-refractivity contribution in [1.29, 1.82) is 0 Å². The molecule has 2 fully saturated rings. The second-order valence-electron chi connectivity index (χ2n) is 11.0. The maximum Gasteiger partial charge on any atom is 0.295 e. The molecular weight excluding hydrogens is 552 g/mol. The van der Waals surface area contributed by atoms with E-state index < -0.39 is 6.04 Å². The topological polar surface area (TPSA) is 87.9 Å². The number of hydrogen-bond acceptors (Lipinski definition) is 6. The smallest absolute Gasteiger partial charge is 0.295 e. The molecule has 2 aromatic carbocycles. The van der Waals surface area contributed by atoms with Crippen LogP contribution in [0.3, 0.4) is 0 Å². The lowest BCUT2D eigenvalue weighted by atomic mass is 10.0. The van der Waals surface area contributed by atoms with Gasteiger partial charge in [-0.15, -0.1) is 12.4 Å². The number of rotatable bonds is 8. The van der Waals surface area contributed by atoms with Gasteiger partial charge < -0.3 is 14.5 Å². The summed E-state index contributed by atoms with van der Waals surface area (Å²) in [7, 11) is 0. The van der Waals surface area contributed by atoms with Crippen LogP contribution < -0.4 is 10.2 Å². The Morgan fingerprint density at radius 3 is 2.52 bits per heavy atom. The highest BCUT2D eigenvalue weighted by molar-refractivity contribution is 6.09. The fraction of sp³-hybridized carbons (Fsp3) is 0.364. The number of pyridine rings is 1. The summed E-state index contributed by atoms with van der Waals surface area (Å²) >= 11 is 0. The van der Waals surface area contributed by atoms with Gasteiger partial charge in [0, 0.05) is 24.5 Å². The largest absolute Gasteiger partial charge is 0.455 e. The van der Waals surface area contributed by atoms with E-state index in [1.54, 1.807) is 17.2 Å². The minimum atomic E-state index is -0.903. The van der Waals surface area contributed by atoms with Crippen molar-refractivity contribution in [2.75, 3.05) is 31.2 Å². The number of nitrogens with one attached hydrogen (secondary N) is 1. The average molecular weight is 589 g/mol. The maximum absolute atomic E-state index is 14.4. The summed E-state index contributed by atoms with van der Waals surface area (Å²) in [4.78, 5) is 36.9. The van der Waals surface area contributed by atoms with E-state index in [9.17, 15) is 9.59 Å². The molecule has 2 aromatic heterocycles. The zero-order valence-corrected chi connectivity index (χ0v) is 24.6. The predicted molar refractivity (Wildman–Crippen MR) is 165 cm³/mol. The monoisotopic (exact) mass is 588 g/mol. The molecule has 0 radical (unpaired) electrons. The van der Waals surface area contributed by atoms with Gasteiger partial charge >= 0.3 is 0 Å². The molecule has 1 unspecified atom stereocenters. The van der Waals surface area contributed by atoms with Gasteiger partial charge in [0.1, 0.15) is 11.8 Å². The molecule has 1 saturated heterocycles. The van der Waals surface area contributed by atoms with E-state index in [2.05, 4.69) is 15.2 Å². The Bertz CT molecular complexity index is 1510. The van der Waals surface area contributed by atoms with Crippen LogP contribution in [0.15, 0.2) is 77.3 Å². The Labute approximate surface area is 252 Å². The van der Waals surface area contributed by atoms with E-state index in [0.717, 1.165) is 60.8 Å². The first-order chi connectivity index (χ1) is 20.0. The molecule has 6 rings (SSSR count). The molecule has 42 heavy (non-hydrogen) atoms. The second-order valence-corrected chi connectivity index (χ2v) is 11.0. The Kier molecular flexibility index (Phi) is 9.57. The third kappa shape index (κ3) is 6.67. The number of furan rings is 1. The molecular formula is C33H37ClN4O4. The van der Waals surface area contributed by atoms with Crippen LogP contribution in [0.25, 0.3) is 10.9 Å². The number of nitrogens with zero attached hydrogens (tertiary/aromatic N) is 3. The number of amides is 2. The summed E-state index contributed by atoms with van der Waals surface area (Å²) in [5.74, 6) is 0.297. The first-order valence-corrected chi connectivity index (χ1v) is 14.5. The summed E-state index contributed by atoms with van der Waals surface area (Å²) in [6.45, 7) is 5.60. The van der Waals surface area contributed by atoms with Gasteiger partial charge in [-0.1, -0.05) is 60.9 Å². The van der Waals surface area contributed by atoms with Gasteiger partial charge in [0.25, 0.3) is 5.91 Å². The van der Waals surface area contributed by atoms with E-state index in [0.29, 0.717) is 31.2 Å². The lowest BCUT2D eigenvalue weighted by molar-refractivity contribution is -0.123. The minimum absolute atomic E-state index is 0. The van der Waals surface area contributed by atoms with E-state index >= 15 is 0 Å². The number of hydrogen-bond donors (Lipinski definition) is 1. The van der Waals surface area contributed by atoms with Gasteiger partial charge in [-0.2, -0.15) is 0 Å². The number of carbonyl (C=O) groups excluding carboxylic acids is 2. The van der Waals surface area contributed by atoms with Crippen LogP contribution in [0.4, 0.5) is 5.69 Å². The van der Waals surface area contributed by atoms with Crippen LogP contribution in [0.5, 0.6) is 0 Å². The van der Waals surface area contributed by atoms with Crippen molar-refractivity contribution in [3.05, 3.63) is 95.6 Å². The summed E-state index contributed by atoms with van der Waals surface area (Å²) in [5, 5.41) is 4.13. The Morgan fingerprint density at radius 1 is 1.02 bits per heavy atom. The van der Waals surface area contributed by atoms with E-state index in [1.165, 1.54) is 0 Å². The zero-order chi connectivity index (χ0) is 28.2. The lowest BCUT2D eigenvalue weighted by Gasteiger charge is -2.32. The van der Waals surface area contributed by atoms with Crippen LogP contribution >= 0.6 is 12.4 Å². The SMILES string of the molecule is Cc1ccc(C(C(=O)NC2CCCC2)N(C(=O)c2ccc(CN3CCOCC3)o2)c2cnc3ccccc3c2)cc1.Cl. The Hall–Kier alpha value is -3.72. The number of ether oxygens (including phenoxy) is 1. The van der Waals surface area contributed by atoms with Gasteiger partial charge in [-0.3, -0.25) is 24.4 Å². The van der Waals surface area contributed by atoms with Gasteiger partial charge in [0.2, 0.25) is 5.91 Å². The zero-order valence-electron chi connectivity index (χ0n) is 23.8. The van der Waals surface area contributed by atoms with Crippen molar-refractivity contribution in [2.45, 2.75) is 51.2 Å². The van der Waals surface area contributed by atoms with Crippen molar-refractivity contribution >= 4 is 40.8 Å². The molecule has 9 heteroatoms. The van der Waals surface area contributed by atoms with Gasteiger partial charge in [0.15, 0.2) is 5.76 Å². The molecule has 3 heterocycles. The molecule has 8 nitrogen and oxygen atoms in total. The number of morpholine rings is 1. The van der Waals surface area contributed by atoms with Crippen molar-refractivity contribution < 1.29 is 18.7 Å². The van der Waals surface area contributed by atoms with E-state index in [4.69, 9.17) is 9.15 Å². The van der Waals surface area contributed by atoms with Crippen LogP contribution in [0.2, 0.25) is 0 Å². The van der Waals surface area contributed by atoms with Gasteiger partial charge in [0.05, 0.1) is 37.2 Å². The third-order valence-corrected chi connectivity index (χ3v) is 8.03. The summed E-state index contributed by atoms with van der Waals surface area (Å²) < 4.78 is 11.6. The summed E-state index contributed by atoms with van der Waals surface area (Å²) in [5.41, 5.74) is 3.16. The summed E-state index contributed by atoms with van der Waals surface area (Å²) in [6.07, 6.45) is 5.75. The average Bonchev–Trinajstić information content (AvgIpc) is 3.69. The van der Waals surface area contributed by atoms with Crippen LogP contribution in [-0.4, -0.2) is 54.0 Å². The predicted octanol–water partition coefficient (Wildman–Crippen LogP) is 5.84. The first kappa shape index (κ1) is 29.8. The van der Waals surface area contributed by atoms with Crippen molar-refractivity contribution in [2.24, 2.45) is 0 Å². The molecule has 2 amide bonds. The molecule has 0 spiro atoms. The normalized spacial score (nSPS) is 16.6. The van der Waals surface area contributed by atoms with Crippen molar-refractivity contribution in [1.82, 2.24) is 15.2 Å². The third-order valence-electron chi connectivity index (χ3n) is 8.03. The van der Waals surface area contributed by atoms with E-state index in [-0.39, 0.29) is 36.0 Å². The number of fused-ring (bicyclic) bond motifs is 1. The van der Waals surface area contributed by atoms with Gasteiger partial charge in [-0.25, -0.2) is 0 Å². The highest BCUT2D eigenvalue weighted by Crippen LogP contribution is 2.32. The van der Waals surface area contributed by atoms with E-state index in [1.807, 2.05) is 67.6 Å². The minimum Gasteiger partial charge on any atom is -0.455 e. The number of halogens is 1. The Morgan fingerprint density at radius 2 is 1.76 bits per heavy atom. The molecule has 220 valence electrons. The lowest BCUT2D eigenvalue weighted by Crippen LogP contribution is -2.46. The highest BCUT2D eigenvalue weighted by atomic mass is 35.5. The van der Waals surface area contributed by atoms with Crippen molar-refractivity contribution in [3.8, 4) is 0 Å². The molecule has 1 saturated carbocycles. The number of para-hydroxylation sites is 1.